The smallest absolute Gasteiger partial charge is 0.311 e. The third-order valence-corrected chi connectivity index (χ3v) is 3.58. The van der Waals surface area contributed by atoms with E-state index < -0.39 is 18.0 Å². The summed E-state index contributed by atoms with van der Waals surface area (Å²) in [6.45, 7) is 4.28. The number of ether oxygens (including phenoxy) is 1. The quantitative estimate of drug-likeness (QED) is 0.781. The van der Waals surface area contributed by atoms with Gasteiger partial charge in [0.15, 0.2) is 0 Å². The second kappa shape index (κ2) is 6.47. The molecule has 1 aliphatic heterocycles. The topological polar surface area (TPSA) is 61.6 Å². The minimum Gasteiger partial charge on any atom is -0.496 e. The fourth-order valence-electron chi connectivity index (χ4n) is 2.51. The van der Waals surface area contributed by atoms with Gasteiger partial charge in [-0.25, -0.2) is 0 Å². The van der Waals surface area contributed by atoms with E-state index in [1.807, 2.05) is 19.9 Å². The van der Waals surface area contributed by atoms with Crippen LogP contribution in [0.5, 0.6) is 0 Å². The molecule has 0 amide bonds. The average molecular weight is 298 g/mol. The molecule has 3 N–H and O–H groups in total. The van der Waals surface area contributed by atoms with Crippen molar-refractivity contribution in [3.63, 3.8) is 0 Å². The fraction of sp³-hybridized carbons (Fsp3) is 0.600. The summed E-state index contributed by atoms with van der Waals surface area (Å²) in [6.07, 6.45) is 6.13. The van der Waals surface area contributed by atoms with Gasteiger partial charge in [0.05, 0.1) is 12.3 Å². The van der Waals surface area contributed by atoms with Gasteiger partial charge in [-0.15, -0.1) is 5.11 Å². The van der Waals surface area contributed by atoms with E-state index in [1.54, 1.807) is 12.3 Å². The summed E-state index contributed by atoms with van der Waals surface area (Å²) in [5.74, 6) is -2.83. The molecule has 1 heterocycles. The summed E-state index contributed by atoms with van der Waals surface area (Å²) in [5, 5.41) is 6.74. The first kappa shape index (κ1) is 15.8. The van der Waals surface area contributed by atoms with Gasteiger partial charge in [-0.05, 0) is 37.9 Å². The van der Waals surface area contributed by atoms with Crippen LogP contribution in [0.4, 0.5) is 8.78 Å². The van der Waals surface area contributed by atoms with Crippen molar-refractivity contribution in [2.75, 3.05) is 6.61 Å². The van der Waals surface area contributed by atoms with Crippen molar-refractivity contribution in [1.29, 1.82) is 0 Å². The molecule has 4 nitrogen and oxygen atoms in total. The lowest BCUT2D eigenvalue weighted by Crippen LogP contribution is -2.85. The lowest BCUT2D eigenvalue weighted by atomic mass is 9.88. The highest BCUT2D eigenvalue weighted by Crippen LogP contribution is 2.30. The summed E-state index contributed by atoms with van der Waals surface area (Å²) in [4.78, 5) is 0. The molecule has 0 aromatic heterocycles. The van der Waals surface area contributed by atoms with E-state index in [1.165, 1.54) is 0 Å². The van der Waals surface area contributed by atoms with E-state index in [0.717, 1.165) is 11.1 Å². The van der Waals surface area contributed by atoms with Crippen LogP contribution in [-0.4, -0.2) is 24.6 Å². The monoisotopic (exact) mass is 298 g/mol. The number of nitrogens with zero attached hydrogens (tertiary/aromatic N) is 1. The molecule has 1 fully saturated rings. The molecule has 1 aliphatic carbocycles. The van der Waals surface area contributed by atoms with Crippen molar-refractivity contribution in [2.45, 2.75) is 51.1 Å². The zero-order valence-electron chi connectivity index (χ0n) is 12.4. The van der Waals surface area contributed by atoms with E-state index in [4.69, 9.17) is 10.5 Å². The molecular weight excluding hydrogens is 276 g/mol. The van der Waals surface area contributed by atoms with Crippen LogP contribution in [0.2, 0.25) is 0 Å². The molecule has 2 aliphatic rings. The lowest BCUT2D eigenvalue weighted by Gasteiger charge is -2.28. The molecule has 6 heteroatoms. The van der Waals surface area contributed by atoms with Crippen molar-refractivity contribution in [1.82, 2.24) is 0 Å². The SMILES string of the molecule is CC(C)=CC1=COCC=C1N=[NH+][C@@H]1[C@H](N)CCCC1(F)F. The van der Waals surface area contributed by atoms with E-state index in [-0.39, 0.29) is 6.42 Å². The maximum Gasteiger partial charge on any atom is 0.311 e. The predicted molar refractivity (Wildman–Crippen MR) is 75.5 cm³/mol. The summed E-state index contributed by atoms with van der Waals surface area (Å²) in [5.41, 5.74) is 8.26. The molecule has 0 saturated heterocycles. The third-order valence-electron chi connectivity index (χ3n) is 3.58. The molecule has 21 heavy (non-hydrogen) atoms. The number of alkyl halides is 2. The minimum absolute atomic E-state index is 0.146. The number of halogens is 2. The van der Waals surface area contributed by atoms with E-state index >= 15 is 0 Å². The summed E-state index contributed by atoms with van der Waals surface area (Å²) in [6, 6.07) is -1.71. The zero-order valence-corrected chi connectivity index (χ0v) is 12.4. The third kappa shape index (κ3) is 3.97. The normalized spacial score (nSPS) is 28.6. The Kier molecular flexibility index (Phi) is 4.88. The Balaban J connectivity index is 2.17. The highest BCUT2D eigenvalue weighted by atomic mass is 19.3. The van der Waals surface area contributed by atoms with Crippen LogP contribution >= 0.6 is 0 Å². The Morgan fingerprint density at radius 2 is 2.29 bits per heavy atom. The van der Waals surface area contributed by atoms with Crippen LogP contribution in [0.3, 0.4) is 0 Å². The predicted octanol–water partition coefficient (Wildman–Crippen LogP) is 1.80. The number of nitrogens with two attached hydrogens (primary N) is 1. The lowest BCUT2D eigenvalue weighted by molar-refractivity contribution is -0.601. The number of hydrogen-bond acceptors (Lipinski definition) is 3. The zero-order chi connectivity index (χ0) is 15.5. The van der Waals surface area contributed by atoms with Gasteiger partial charge in [0.1, 0.15) is 12.3 Å². The van der Waals surface area contributed by atoms with Crippen molar-refractivity contribution in [3.8, 4) is 0 Å². The van der Waals surface area contributed by atoms with Crippen LogP contribution in [-0.2, 0) is 4.74 Å². The first-order valence-electron chi connectivity index (χ1n) is 7.17. The van der Waals surface area contributed by atoms with Crippen molar-refractivity contribution in [3.05, 3.63) is 35.3 Å². The maximum atomic E-state index is 13.9. The van der Waals surface area contributed by atoms with Crippen LogP contribution in [0.1, 0.15) is 33.1 Å². The molecule has 0 aromatic carbocycles. The van der Waals surface area contributed by atoms with Gasteiger partial charge in [0.25, 0.3) is 6.04 Å². The van der Waals surface area contributed by atoms with Crippen LogP contribution in [0.25, 0.3) is 0 Å². The standard InChI is InChI=1S/C15H21F2N3O/c1-10(2)8-11-9-21-7-5-13(11)19-20-14-12(18)4-3-6-15(14,16)17/h5,8-9,12,14H,3-4,6-7,18H2,1-2H3/p+1/t12-,14-/m1/s1. The van der Waals surface area contributed by atoms with Crippen LogP contribution in [0.15, 0.2) is 40.4 Å². The van der Waals surface area contributed by atoms with E-state index in [0.29, 0.717) is 25.1 Å². The van der Waals surface area contributed by atoms with E-state index in [9.17, 15) is 8.78 Å². The Hall–Kier alpha value is -1.56. The highest BCUT2D eigenvalue weighted by Gasteiger charge is 2.50. The van der Waals surface area contributed by atoms with Gasteiger partial charge in [-0.2, -0.15) is 8.78 Å². The second-order valence-electron chi connectivity index (χ2n) is 5.75. The molecule has 0 aromatic rings. The molecule has 2 atom stereocenters. The molecule has 0 bridgehead atoms. The molecular formula is C15H22F2N3O+. The second-order valence-corrected chi connectivity index (χ2v) is 5.75. The summed E-state index contributed by atoms with van der Waals surface area (Å²) >= 11 is 0. The number of rotatable bonds is 3. The molecule has 0 radical (unpaired) electrons. The van der Waals surface area contributed by atoms with Crippen LogP contribution in [0, 0.1) is 0 Å². The Labute approximate surface area is 123 Å². The van der Waals surface area contributed by atoms with Crippen molar-refractivity contribution in [2.24, 2.45) is 10.8 Å². The van der Waals surface area contributed by atoms with Crippen LogP contribution < -0.4 is 10.8 Å². The number of allylic oxidation sites excluding steroid dienone is 2. The average Bonchev–Trinajstić information content (AvgIpc) is 2.38. The molecule has 2 rings (SSSR count). The van der Waals surface area contributed by atoms with Gasteiger partial charge in [0.2, 0.25) is 0 Å². The minimum atomic E-state index is -2.83. The number of azo groups is 1. The summed E-state index contributed by atoms with van der Waals surface area (Å²) in [7, 11) is 0. The first-order chi connectivity index (χ1) is 9.90. The van der Waals surface area contributed by atoms with Gasteiger partial charge in [0, 0.05) is 12.0 Å². The van der Waals surface area contributed by atoms with E-state index in [2.05, 4.69) is 10.2 Å². The van der Waals surface area contributed by atoms with Gasteiger partial charge < -0.3 is 10.5 Å². The Morgan fingerprint density at radius 1 is 1.52 bits per heavy atom. The Morgan fingerprint density at radius 3 is 2.95 bits per heavy atom. The van der Waals surface area contributed by atoms with Gasteiger partial charge in [-0.3, -0.25) is 0 Å². The first-order valence-corrected chi connectivity index (χ1v) is 7.17. The van der Waals surface area contributed by atoms with Gasteiger partial charge >= 0.3 is 5.92 Å². The fourth-order valence-corrected chi connectivity index (χ4v) is 2.51. The van der Waals surface area contributed by atoms with Crippen molar-refractivity contribution < 1.29 is 18.6 Å². The molecule has 116 valence electrons. The van der Waals surface area contributed by atoms with Crippen molar-refractivity contribution >= 4 is 0 Å². The highest BCUT2D eigenvalue weighted by molar-refractivity contribution is 5.40. The Bertz CT molecular complexity index is 505. The number of nitrogens with one attached hydrogen (secondary N) is 1. The summed E-state index contributed by atoms with van der Waals surface area (Å²) < 4.78 is 33.0. The molecule has 1 saturated carbocycles. The number of hydrogen-bond donors (Lipinski definition) is 2. The largest absolute Gasteiger partial charge is 0.496 e. The molecule has 0 spiro atoms. The maximum absolute atomic E-state index is 13.9. The van der Waals surface area contributed by atoms with Gasteiger partial charge in [-0.1, -0.05) is 11.6 Å². The molecule has 0 unspecified atom stereocenters.